The number of ketones is 1. The number of carbonyl (C=O) groups is 3. The number of aliphatic hydroxyl groups is 2. The summed E-state index contributed by atoms with van der Waals surface area (Å²) in [5.41, 5.74) is 0.430. The number of aromatic hydroxyl groups is 2. The molecule has 6 unspecified atom stereocenters. The Morgan fingerprint density at radius 3 is 2.46 bits per heavy atom. The summed E-state index contributed by atoms with van der Waals surface area (Å²) >= 11 is 0. The van der Waals surface area contributed by atoms with Gasteiger partial charge in [0, 0.05) is 24.8 Å². The van der Waals surface area contributed by atoms with Crippen molar-refractivity contribution < 1.29 is 39.5 Å². The summed E-state index contributed by atoms with van der Waals surface area (Å²) in [5.74, 6) is -2.79. The van der Waals surface area contributed by atoms with Gasteiger partial charge < -0.3 is 30.1 Å². The number of esters is 1. The molecule has 9 heteroatoms. The van der Waals surface area contributed by atoms with Crippen molar-refractivity contribution in [2.24, 2.45) is 22.7 Å². The number of aliphatic hydroxyl groups excluding tert-OH is 2. The van der Waals surface area contributed by atoms with Gasteiger partial charge in [-0.1, -0.05) is 26.8 Å². The molecule has 2 bridgehead atoms. The summed E-state index contributed by atoms with van der Waals surface area (Å²) < 4.78 is 6.02. The zero-order valence-corrected chi connectivity index (χ0v) is 21.9. The van der Waals surface area contributed by atoms with Crippen LogP contribution in [0, 0.1) is 22.7 Å². The first-order valence-corrected chi connectivity index (χ1v) is 13.2. The third kappa shape index (κ3) is 4.95. The van der Waals surface area contributed by atoms with Crippen LogP contribution in [0.3, 0.4) is 0 Å². The molecule has 2 saturated carbocycles. The van der Waals surface area contributed by atoms with E-state index in [0.717, 1.165) is 19.3 Å². The Morgan fingerprint density at radius 2 is 1.86 bits per heavy atom. The molecule has 3 aliphatic rings. The molecular weight excluding hydrogens is 478 g/mol. The van der Waals surface area contributed by atoms with Crippen LogP contribution >= 0.6 is 0 Å². The van der Waals surface area contributed by atoms with Crippen molar-refractivity contribution in [3.63, 3.8) is 0 Å². The van der Waals surface area contributed by atoms with Gasteiger partial charge in [-0.05, 0) is 61.1 Å². The van der Waals surface area contributed by atoms with Crippen molar-refractivity contribution in [2.75, 3.05) is 13.2 Å². The first-order valence-electron chi connectivity index (χ1n) is 13.2. The maximum atomic E-state index is 13.3. The lowest BCUT2D eigenvalue weighted by molar-refractivity contribution is -0.165. The predicted molar refractivity (Wildman–Crippen MR) is 134 cm³/mol. The molecule has 0 aromatic heterocycles. The summed E-state index contributed by atoms with van der Waals surface area (Å²) in [6.07, 6.45) is 1.95. The van der Waals surface area contributed by atoms with Gasteiger partial charge in [-0.2, -0.15) is 0 Å². The van der Waals surface area contributed by atoms with Gasteiger partial charge in [0.1, 0.15) is 18.2 Å². The van der Waals surface area contributed by atoms with E-state index < -0.39 is 42.3 Å². The molecule has 1 aliphatic heterocycles. The number of ether oxygens (including phenoxy) is 1. The second kappa shape index (κ2) is 10.3. The molecule has 37 heavy (non-hydrogen) atoms. The number of amides is 1. The highest BCUT2D eigenvalue weighted by Gasteiger charge is 2.63. The second-order valence-electron chi connectivity index (χ2n) is 11.8. The molecule has 1 amide bonds. The molecule has 204 valence electrons. The average Bonchev–Trinajstić information content (AvgIpc) is 3.48. The third-order valence-electron chi connectivity index (χ3n) is 9.64. The van der Waals surface area contributed by atoms with Crippen LogP contribution in [0.5, 0.6) is 11.5 Å². The zero-order chi connectivity index (χ0) is 27.1. The van der Waals surface area contributed by atoms with E-state index in [1.54, 1.807) is 0 Å². The Hall–Kier alpha value is -2.65. The topological polar surface area (TPSA) is 145 Å². The monoisotopic (exact) mass is 517 g/mol. The van der Waals surface area contributed by atoms with E-state index in [1.807, 2.05) is 0 Å². The summed E-state index contributed by atoms with van der Waals surface area (Å²) in [6, 6.07) is 3.23. The van der Waals surface area contributed by atoms with Crippen LogP contribution < -0.4 is 0 Å². The largest absolute Gasteiger partial charge is 0.504 e. The third-order valence-corrected chi connectivity index (χ3v) is 9.64. The van der Waals surface area contributed by atoms with Crippen LogP contribution in [-0.2, 0) is 25.5 Å². The van der Waals surface area contributed by atoms with Gasteiger partial charge in [-0.3, -0.25) is 9.59 Å². The van der Waals surface area contributed by atoms with E-state index in [-0.39, 0.29) is 41.3 Å². The maximum absolute atomic E-state index is 13.3. The van der Waals surface area contributed by atoms with Gasteiger partial charge in [-0.15, -0.1) is 0 Å². The number of fused-ring (bicyclic) bond motifs is 2. The molecule has 4 N–H and O–H groups in total. The number of rotatable bonds is 9. The van der Waals surface area contributed by atoms with Crippen molar-refractivity contribution in [3.8, 4) is 11.5 Å². The Balaban J connectivity index is 1.36. The smallest absolute Gasteiger partial charge is 0.329 e. The molecular formula is C28H39NO8. The molecule has 3 fully saturated rings. The van der Waals surface area contributed by atoms with E-state index in [0.29, 0.717) is 30.9 Å². The number of carbonyl (C=O) groups excluding carboxylic acids is 3. The fourth-order valence-corrected chi connectivity index (χ4v) is 6.68. The van der Waals surface area contributed by atoms with E-state index >= 15 is 0 Å². The first kappa shape index (κ1) is 27.4. The standard InChI is InChI=1S/C28H39NO8/c1-27(2)18-8-9-28(27,3)24(14-18)37-26(36)19-5-4-10-29(19)25(35)17(15-30)13-23(34)22(33)12-16-6-7-20(31)21(32)11-16/h6-7,11,17-19,22,24,30-33H,4-5,8-10,12-15H2,1-3H3. The summed E-state index contributed by atoms with van der Waals surface area (Å²) in [5, 5.41) is 39.3. The highest BCUT2D eigenvalue weighted by molar-refractivity contribution is 5.91. The second-order valence-corrected chi connectivity index (χ2v) is 11.8. The van der Waals surface area contributed by atoms with E-state index in [4.69, 9.17) is 4.74 Å². The van der Waals surface area contributed by atoms with Gasteiger partial charge >= 0.3 is 5.97 Å². The molecule has 0 spiro atoms. The molecule has 0 radical (unpaired) electrons. The number of hydrogen-bond donors (Lipinski definition) is 4. The van der Waals surface area contributed by atoms with Crippen LogP contribution in [-0.4, -0.2) is 74.4 Å². The molecule has 1 aromatic carbocycles. The maximum Gasteiger partial charge on any atom is 0.329 e. The van der Waals surface area contributed by atoms with E-state index in [9.17, 15) is 34.8 Å². The Labute approximate surface area is 217 Å². The fourth-order valence-electron chi connectivity index (χ4n) is 6.68. The molecule has 1 aromatic rings. The zero-order valence-electron chi connectivity index (χ0n) is 21.9. The number of benzene rings is 1. The lowest BCUT2D eigenvalue weighted by atomic mass is 9.70. The van der Waals surface area contributed by atoms with Crippen molar-refractivity contribution in [1.29, 1.82) is 0 Å². The lowest BCUT2D eigenvalue weighted by Gasteiger charge is -2.39. The average molecular weight is 518 g/mol. The van der Waals surface area contributed by atoms with Crippen LogP contribution in [0.2, 0.25) is 0 Å². The number of phenolic OH excluding ortho intramolecular Hbond substituents is 2. The molecule has 2 aliphatic carbocycles. The minimum Gasteiger partial charge on any atom is -0.504 e. The molecule has 4 rings (SSSR count). The lowest BCUT2D eigenvalue weighted by Crippen LogP contribution is -2.48. The number of Topliss-reactive ketones (excluding diaryl/α,β-unsaturated/α-hetero) is 1. The van der Waals surface area contributed by atoms with Gasteiger partial charge in [0.2, 0.25) is 5.91 Å². The fraction of sp³-hybridized carbons (Fsp3) is 0.679. The SMILES string of the molecule is CC1(C)C2CCC1(C)C(OC(=O)C1CCCN1C(=O)C(CO)CC(=O)C(O)Cc1ccc(O)c(O)c1)C2. The molecule has 6 atom stereocenters. The van der Waals surface area contributed by atoms with Gasteiger partial charge in [-0.25, -0.2) is 4.79 Å². The van der Waals surface area contributed by atoms with Crippen molar-refractivity contribution >= 4 is 17.7 Å². The first-order chi connectivity index (χ1) is 17.4. The van der Waals surface area contributed by atoms with Crippen molar-refractivity contribution in [3.05, 3.63) is 23.8 Å². The van der Waals surface area contributed by atoms with Crippen LogP contribution in [0.15, 0.2) is 18.2 Å². The number of nitrogens with zero attached hydrogens (tertiary/aromatic N) is 1. The molecule has 9 nitrogen and oxygen atoms in total. The van der Waals surface area contributed by atoms with Gasteiger partial charge in [0.15, 0.2) is 17.3 Å². The number of phenols is 2. The Morgan fingerprint density at radius 1 is 1.14 bits per heavy atom. The number of hydrogen-bond acceptors (Lipinski definition) is 8. The van der Waals surface area contributed by atoms with Crippen molar-refractivity contribution in [2.45, 2.75) is 84.0 Å². The van der Waals surface area contributed by atoms with Gasteiger partial charge in [0.05, 0.1) is 12.5 Å². The normalized spacial score (nSPS) is 29.8. The van der Waals surface area contributed by atoms with Gasteiger partial charge in [0.25, 0.3) is 0 Å². The Bertz CT molecular complexity index is 1050. The summed E-state index contributed by atoms with van der Waals surface area (Å²) in [4.78, 5) is 40.6. The molecule has 1 heterocycles. The van der Waals surface area contributed by atoms with Crippen molar-refractivity contribution in [1.82, 2.24) is 4.90 Å². The number of likely N-dealkylation sites (tertiary alicyclic amines) is 1. The Kier molecular flexibility index (Phi) is 7.59. The highest BCUT2D eigenvalue weighted by atomic mass is 16.5. The minimum absolute atomic E-state index is 0.0885. The highest BCUT2D eigenvalue weighted by Crippen LogP contribution is 2.66. The summed E-state index contributed by atoms with van der Waals surface area (Å²) in [7, 11) is 0. The quantitative estimate of drug-likeness (QED) is 0.289. The van der Waals surface area contributed by atoms with E-state index in [1.165, 1.54) is 23.1 Å². The van der Waals surface area contributed by atoms with E-state index in [2.05, 4.69) is 20.8 Å². The predicted octanol–water partition coefficient (Wildman–Crippen LogP) is 2.32. The van der Waals surface area contributed by atoms with Crippen LogP contribution in [0.25, 0.3) is 0 Å². The van der Waals surface area contributed by atoms with Crippen LogP contribution in [0.1, 0.15) is 64.9 Å². The minimum atomic E-state index is -1.45. The summed E-state index contributed by atoms with van der Waals surface area (Å²) in [6.45, 7) is 6.42. The molecule has 1 saturated heterocycles. The van der Waals surface area contributed by atoms with Crippen LogP contribution in [0.4, 0.5) is 0 Å².